The summed E-state index contributed by atoms with van der Waals surface area (Å²) in [5, 5.41) is 1.16. The fourth-order valence-electron chi connectivity index (χ4n) is 6.70. The van der Waals surface area contributed by atoms with Gasteiger partial charge >= 0.3 is 0 Å². The number of nitrogens with zero attached hydrogens (tertiary/aromatic N) is 5. The van der Waals surface area contributed by atoms with E-state index in [-0.39, 0.29) is 30.8 Å². The number of imidazole rings is 1. The Balaban J connectivity index is 1.33. The van der Waals surface area contributed by atoms with Crippen LogP contribution in [0.4, 0.5) is 4.39 Å². The number of hydrogen-bond donors (Lipinski definition) is 1. The molecule has 2 N–H and O–H groups in total. The van der Waals surface area contributed by atoms with E-state index >= 15 is 0 Å². The number of hydrogen-bond acceptors (Lipinski definition) is 5. The number of methoxy groups -OCH3 is 1. The van der Waals surface area contributed by atoms with Crippen molar-refractivity contribution in [1.82, 2.24) is 23.9 Å². The predicted molar refractivity (Wildman–Crippen MR) is 155 cm³/mol. The summed E-state index contributed by atoms with van der Waals surface area (Å²) in [6.07, 6.45) is 1.35. The zero-order chi connectivity index (χ0) is 28.6. The van der Waals surface area contributed by atoms with Crippen molar-refractivity contribution in [2.75, 3.05) is 33.3 Å². The van der Waals surface area contributed by atoms with Gasteiger partial charge in [-0.15, -0.1) is 0 Å². The number of carbonyl (C=O) groups excluding carboxylic acids is 2. The summed E-state index contributed by atoms with van der Waals surface area (Å²) < 4.78 is 24.4. The number of amides is 2. The van der Waals surface area contributed by atoms with Gasteiger partial charge in [0.1, 0.15) is 17.4 Å². The molecule has 0 radical (unpaired) electrons. The molecular weight excluding hydrogens is 523 g/mol. The first-order chi connectivity index (χ1) is 19.7. The molecule has 4 aromatic rings. The van der Waals surface area contributed by atoms with Crippen LogP contribution in [0.25, 0.3) is 33.5 Å². The van der Waals surface area contributed by atoms with Crippen molar-refractivity contribution in [2.24, 2.45) is 12.8 Å². The summed E-state index contributed by atoms with van der Waals surface area (Å²) in [5.74, 6) is 1.49. The van der Waals surface area contributed by atoms with E-state index in [0.29, 0.717) is 35.3 Å². The number of ether oxygens (including phenoxy) is 1. The Morgan fingerprint density at radius 1 is 1.05 bits per heavy atom. The lowest BCUT2D eigenvalue weighted by Gasteiger charge is -2.39. The quantitative estimate of drug-likeness (QED) is 0.399. The lowest BCUT2D eigenvalue weighted by atomic mass is 9.90. The van der Waals surface area contributed by atoms with Crippen molar-refractivity contribution in [2.45, 2.75) is 50.4 Å². The molecule has 2 aromatic carbocycles. The first-order valence-electron chi connectivity index (χ1n) is 14.4. The summed E-state index contributed by atoms with van der Waals surface area (Å²) >= 11 is 0. The van der Waals surface area contributed by atoms with Gasteiger partial charge in [-0.1, -0.05) is 18.2 Å². The van der Waals surface area contributed by atoms with Crippen LogP contribution in [0.15, 0.2) is 36.4 Å². The van der Waals surface area contributed by atoms with Crippen molar-refractivity contribution in [3.8, 4) is 17.3 Å². The third-order valence-electron chi connectivity index (χ3n) is 8.92. The molecule has 1 aliphatic carbocycles. The van der Waals surface area contributed by atoms with Gasteiger partial charge in [-0.3, -0.25) is 9.59 Å². The van der Waals surface area contributed by atoms with E-state index in [9.17, 15) is 14.0 Å². The number of nitrogens with two attached hydrogens (primary N) is 1. The van der Waals surface area contributed by atoms with Gasteiger partial charge in [-0.2, -0.15) is 0 Å². The fraction of sp³-hybridized carbons (Fsp3) is 0.452. The number of halogens is 1. The largest absolute Gasteiger partial charge is 0.494 e. The first kappa shape index (κ1) is 26.0. The molecular formula is C31H35FN6O3. The minimum absolute atomic E-state index is 0.0371. The van der Waals surface area contributed by atoms with Crippen molar-refractivity contribution in [3.05, 3.63) is 47.5 Å². The Labute approximate surface area is 237 Å². The molecule has 9 nitrogen and oxygen atoms in total. The minimum Gasteiger partial charge on any atom is -0.494 e. The van der Waals surface area contributed by atoms with E-state index in [1.54, 1.807) is 26.2 Å². The molecule has 2 aromatic heterocycles. The van der Waals surface area contributed by atoms with Gasteiger partial charge < -0.3 is 29.4 Å². The van der Waals surface area contributed by atoms with Crippen LogP contribution in [0.3, 0.4) is 0 Å². The number of alkyl halides is 1. The van der Waals surface area contributed by atoms with Gasteiger partial charge in [0.05, 0.1) is 30.4 Å². The van der Waals surface area contributed by atoms with Gasteiger partial charge in [-0.05, 0) is 43.0 Å². The van der Waals surface area contributed by atoms with E-state index in [0.717, 1.165) is 48.4 Å². The Morgan fingerprint density at radius 2 is 1.83 bits per heavy atom. The molecule has 41 heavy (non-hydrogen) atoms. The number of benzene rings is 2. The molecule has 2 atom stereocenters. The first-order valence-corrected chi connectivity index (χ1v) is 14.4. The molecule has 3 fully saturated rings. The third-order valence-corrected chi connectivity index (χ3v) is 8.92. The molecule has 0 bridgehead atoms. The topological polar surface area (TPSA) is 98.6 Å². The fourth-order valence-corrected chi connectivity index (χ4v) is 6.70. The number of aromatic nitrogens is 3. The smallest absolute Gasteiger partial charge is 0.254 e. The highest BCUT2D eigenvalue weighted by Crippen LogP contribution is 2.46. The summed E-state index contributed by atoms with van der Waals surface area (Å²) in [6.45, 7) is 3.47. The molecule has 1 saturated carbocycles. The zero-order valence-electron chi connectivity index (χ0n) is 23.6. The van der Waals surface area contributed by atoms with E-state index in [1.165, 1.54) is 16.0 Å². The number of fused-ring (bicyclic) bond motifs is 2. The van der Waals surface area contributed by atoms with E-state index < -0.39 is 6.17 Å². The van der Waals surface area contributed by atoms with Crippen LogP contribution in [-0.4, -0.2) is 81.2 Å². The highest BCUT2D eigenvalue weighted by Gasteiger charge is 2.36. The summed E-state index contributed by atoms with van der Waals surface area (Å²) in [4.78, 5) is 33.7. The van der Waals surface area contributed by atoms with Crippen LogP contribution in [0.2, 0.25) is 0 Å². The lowest BCUT2D eigenvalue weighted by molar-refractivity contribution is -0.133. The second-order valence-electron chi connectivity index (χ2n) is 11.9. The van der Waals surface area contributed by atoms with E-state index in [2.05, 4.69) is 28.8 Å². The Morgan fingerprint density at radius 3 is 2.51 bits per heavy atom. The number of aryl methyl sites for hydroxylation is 1. The van der Waals surface area contributed by atoms with Gasteiger partial charge in [0.2, 0.25) is 5.91 Å². The molecule has 0 unspecified atom stereocenters. The number of piperidine rings is 1. The maximum atomic E-state index is 14.2. The predicted octanol–water partition coefficient (Wildman–Crippen LogP) is 4.00. The third kappa shape index (κ3) is 4.27. The highest BCUT2D eigenvalue weighted by atomic mass is 19.1. The van der Waals surface area contributed by atoms with Gasteiger partial charge in [0.25, 0.3) is 5.91 Å². The molecule has 7 rings (SSSR count). The number of para-hydroxylation sites is 1. The van der Waals surface area contributed by atoms with Gasteiger partial charge in [0, 0.05) is 62.6 Å². The molecule has 2 saturated heterocycles. The molecule has 2 aliphatic heterocycles. The zero-order valence-corrected chi connectivity index (χ0v) is 23.6. The maximum absolute atomic E-state index is 14.2. The van der Waals surface area contributed by atoms with Crippen LogP contribution in [0.5, 0.6) is 5.75 Å². The van der Waals surface area contributed by atoms with Crippen LogP contribution >= 0.6 is 0 Å². The second kappa shape index (κ2) is 9.58. The standard InChI is InChI=1S/C31H35FN6O3/c1-17(39)36-13-20(14-36)24-6-4-5-18-10-26(38(28(18)24)23-7-8-23)30-34-25-9-19(11-27(41-3)29(25)35(30)2)31(40)37-15-21(32)12-22(33)16-37/h4-6,9-11,20-23H,7-8,12-16,33H2,1-3H3/t21-,22-/m1/s1. The molecule has 4 heterocycles. The highest BCUT2D eigenvalue weighted by molar-refractivity contribution is 6.00. The van der Waals surface area contributed by atoms with Crippen LogP contribution in [0, 0.1) is 0 Å². The summed E-state index contributed by atoms with van der Waals surface area (Å²) in [5.41, 5.74) is 11.4. The monoisotopic (exact) mass is 558 g/mol. The second-order valence-corrected chi connectivity index (χ2v) is 11.9. The van der Waals surface area contributed by atoms with Crippen LogP contribution in [-0.2, 0) is 11.8 Å². The minimum atomic E-state index is -1.13. The van der Waals surface area contributed by atoms with Crippen molar-refractivity contribution in [3.63, 3.8) is 0 Å². The van der Waals surface area contributed by atoms with Crippen LogP contribution in [0.1, 0.15) is 54.1 Å². The molecule has 10 heteroatoms. The van der Waals surface area contributed by atoms with Gasteiger partial charge in [0.15, 0.2) is 5.82 Å². The maximum Gasteiger partial charge on any atom is 0.254 e. The number of carbonyl (C=O) groups is 2. The van der Waals surface area contributed by atoms with Crippen molar-refractivity contribution >= 4 is 33.8 Å². The number of rotatable bonds is 5. The van der Waals surface area contributed by atoms with Crippen molar-refractivity contribution < 1.29 is 18.7 Å². The molecule has 0 spiro atoms. The average Bonchev–Trinajstić information content (AvgIpc) is 3.59. The molecule has 3 aliphatic rings. The van der Waals surface area contributed by atoms with E-state index in [4.69, 9.17) is 15.5 Å². The van der Waals surface area contributed by atoms with Gasteiger partial charge in [-0.25, -0.2) is 9.37 Å². The molecule has 214 valence electrons. The lowest BCUT2D eigenvalue weighted by Crippen LogP contribution is -2.50. The summed E-state index contributed by atoms with van der Waals surface area (Å²) in [6, 6.07) is 12.1. The Kier molecular flexibility index (Phi) is 6.08. The normalized spacial score (nSPS) is 21.5. The average molecular weight is 559 g/mol. The van der Waals surface area contributed by atoms with Crippen molar-refractivity contribution in [1.29, 1.82) is 0 Å². The summed E-state index contributed by atoms with van der Waals surface area (Å²) in [7, 11) is 3.55. The Hall–Kier alpha value is -3.92. The number of likely N-dealkylation sites (tertiary alicyclic amines) is 2. The SMILES string of the molecule is COc1cc(C(=O)N2C[C@H](N)C[C@@H](F)C2)cc2nc(-c3cc4cccc(C5CN(C(C)=O)C5)c4n3C3CC3)n(C)c12. The van der Waals surface area contributed by atoms with E-state index in [1.807, 2.05) is 16.5 Å². The van der Waals surface area contributed by atoms with Crippen LogP contribution < -0.4 is 10.5 Å². The molecule has 2 amide bonds. The Bertz CT molecular complexity index is 1690.